The van der Waals surface area contributed by atoms with Crippen LogP contribution in [0.2, 0.25) is 0 Å². The van der Waals surface area contributed by atoms with E-state index in [9.17, 15) is 62.1 Å². The van der Waals surface area contributed by atoms with E-state index in [2.05, 4.69) is 30.6 Å². The summed E-state index contributed by atoms with van der Waals surface area (Å²) in [6.07, 6.45) is -2.05. The number of carbonyl (C=O) groups excluding carboxylic acids is 5. The van der Waals surface area contributed by atoms with Gasteiger partial charge in [-0.3, -0.25) is 43.3 Å². The molecule has 3 rings (SSSR count). The normalized spacial score (nSPS) is 12.6. The average Bonchev–Trinajstić information content (AvgIpc) is 3.11. The lowest BCUT2D eigenvalue weighted by atomic mass is 10.1. The highest BCUT2D eigenvalue weighted by Crippen LogP contribution is 2.13. The summed E-state index contributed by atoms with van der Waals surface area (Å²) in [4.78, 5) is 123. The number of H-pyrrole nitrogens is 1. The van der Waals surface area contributed by atoms with Crippen molar-refractivity contribution < 1.29 is 62.5 Å². The second-order valence-corrected chi connectivity index (χ2v) is 11.4. The van der Waals surface area contributed by atoms with Crippen LogP contribution in [0.4, 0.5) is 20.4 Å². The van der Waals surface area contributed by atoms with Gasteiger partial charge in [0.1, 0.15) is 18.1 Å². The topological polar surface area (TPSA) is 367 Å². The van der Waals surface area contributed by atoms with E-state index >= 15 is 0 Å². The third-order valence-corrected chi connectivity index (χ3v) is 7.19. The number of nitrogens with zero attached hydrogens (tertiary/aromatic N) is 3. The van der Waals surface area contributed by atoms with Gasteiger partial charge < -0.3 is 53.0 Å². The number of aromatic nitrogens is 4. The average molecular weight is 778 g/mol. The van der Waals surface area contributed by atoms with Crippen LogP contribution in [0.5, 0.6) is 0 Å². The molecule has 0 saturated carbocycles. The van der Waals surface area contributed by atoms with Crippen molar-refractivity contribution in [2.45, 2.75) is 49.9 Å². The Hall–Kier alpha value is -7.34. The Morgan fingerprint density at radius 2 is 1.47 bits per heavy atom. The lowest BCUT2D eigenvalue weighted by molar-refractivity contribution is -0.147. The molecule has 0 bridgehead atoms. The molecule has 0 aliphatic rings. The molecule has 0 aliphatic heterocycles. The molecule has 5 amide bonds. The number of hydrogen-bond acceptors (Lipinski definition) is 14. The van der Waals surface area contributed by atoms with Crippen LogP contribution < -0.4 is 43.2 Å². The number of nitrogen functional groups attached to an aromatic ring is 1. The molecule has 23 nitrogen and oxygen atoms in total. The standard InChI is InChI=1S/C30H33F2N11O12/c1-34-28(55)30(31,32)11-37-24(50)15(7-19(45)46)40-25(51)16(8-20(47)48)39-18(44)6-17(27(53)54)41-23(49)12-2-4-13(5-3-12)35-9-14-10-36-22-21(38-14)26(52)43-29(33)42-22/h2-5,10,15-17,35H,6-9,11H2,1H3,(H,34,55)(H,37,50)(H,39,44)(H,40,51)(H,41,49)(H,45,46)(H,47,48)(H,53,54)(H3,33,36,42,43,52)/t15-,16-,17-/m0/s1. The van der Waals surface area contributed by atoms with Crippen LogP contribution in [-0.4, -0.2) is 120 Å². The molecule has 0 unspecified atom stereocenters. The summed E-state index contributed by atoms with van der Waals surface area (Å²) in [7, 11) is 0.891. The monoisotopic (exact) mass is 777 g/mol. The van der Waals surface area contributed by atoms with E-state index in [4.69, 9.17) is 10.8 Å². The van der Waals surface area contributed by atoms with Gasteiger partial charge in [0, 0.05) is 18.3 Å². The fourth-order valence-corrected chi connectivity index (χ4v) is 4.49. The van der Waals surface area contributed by atoms with Gasteiger partial charge in [-0.25, -0.2) is 14.8 Å². The predicted molar refractivity (Wildman–Crippen MR) is 180 cm³/mol. The molecule has 294 valence electrons. The lowest BCUT2D eigenvalue weighted by Crippen LogP contribution is -2.57. The number of carboxylic acid groups (broad SMARTS) is 3. The molecule has 0 aliphatic carbocycles. The number of benzene rings is 1. The van der Waals surface area contributed by atoms with Gasteiger partial charge in [0.05, 0.1) is 44.2 Å². The highest BCUT2D eigenvalue weighted by molar-refractivity contribution is 5.99. The molecule has 12 N–H and O–H groups in total. The second-order valence-electron chi connectivity index (χ2n) is 11.4. The number of anilines is 2. The van der Waals surface area contributed by atoms with Gasteiger partial charge in [0.25, 0.3) is 17.4 Å². The number of aromatic amines is 1. The molecule has 0 fully saturated rings. The van der Waals surface area contributed by atoms with Gasteiger partial charge in [-0.1, -0.05) is 0 Å². The summed E-state index contributed by atoms with van der Waals surface area (Å²) in [6, 6.07) is -0.576. The number of carbonyl (C=O) groups is 8. The maximum absolute atomic E-state index is 13.8. The third-order valence-electron chi connectivity index (χ3n) is 7.19. The number of nitrogens with one attached hydrogen (secondary N) is 7. The number of hydrogen-bond donors (Lipinski definition) is 11. The summed E-state index contributed by atoms with van der Waals surface area (Å²) in [5.74, 6) is -16.4. The Bertz CT molecular complexity index is 2050. The Kier molecular flexibility index (Phi) is 14.1. The first kappa shape index (κ1) is 42.1. The van der Waals surface area contributed by atoms with Crippen molar-refractivity contribution in [1.82, 2.24) is 46.5 Å². The van der Waals surface area contributed by atoms with Gasteiger partial charge in [-0.2, -0.15) is 13.8 Å². The Morgan fingerprint density at radius 1 is 0.855 bits per heavy atom. The zero-order valence-corrected chi connectivity index (χ0v) is 28.3. The number of alkyl halides is 2. The molecular weight excluding hydrogens is 744 g/mol. The Morgan fingerprint density at radius 3 is 2.05 bits per heavy atom. The molecule has 0 spiro atoms. The van der Waals surface area contributed by atoms with E-state index in [0.717, 1.165) is 7.05 Å². The van der Waals surface area contributed by atoms with E-state index < -0.39 is 103 Å². The van der Waals surface area contributed by atoms with Crippen molar-refractivity contribution in [2.75, 3.05) is 24.6 Å². The van der Waals surface area contributed by atoms with Crippen LogP contribution in [0.3, 0.4) is 0 Å². The van der Waals surface area contributed by atoms with Gasteiger partial charge in [-0.15, -0.1) is 0 Å². The number of nitrogens with two attached hydrogens (primary N) is 1. The van der Waals surface area contributed by atoms with Crippen LogP contribution in [0, 0.1) is 0 Å². The highest BCUT2D eigenvalue weighted by atomic mass is 19.3. The van der Waals surface area contributed by atoms with Crippen LogP contribution in [0.1, 0.15) is 35.3 Å². The summed E-state index contributed by atoms with van der Waals surface area (Å²) >= 11 is 0. The van der Waals surface area contributed by atoms with Crippen LogP contribution in [0.25, 0.3) is 11.2 Å². The maximum Gasteiger partial charge on any atom is 0.341 e. The quantitative estimate of drug-likeness (QED) is 0.0574. The van der Waals surface area contributed by atoms with Crippen molar-refractivity contribution in [3.63, 3.8) is 0 Å². The van der Waals surface area contributed by atoms with E-state index in [1.807, 2.05) is 10.6 Å². The first-order valence-corrected chi connectivity index (χ1v) is 15.6. The van der Waals surface area contributed by atoms with Crippen molar-refractivity contribution in [3.8, 4) is 0 Å². The van der Waals surface area contributed by atoms with Crippen molar-refractivity contribution in [3.05, 3.63) is 52.1 Å². The minimum Gasteiger partial charge on any atom is -0.481 e. The minimum atomic E-state index is -4.13. The van der Waals surface area contributed by atoms with E-state index in [1.165, 1.54) is 30.5 Å². The first-order chi connectivity index (χ1) is 25.8. The molecule has 25 heteroatoms. The minimum absolute atomic E-state index is 0.0414. The van der Waals surface area contributed by atoms with Crippen LogP contribution in [0.15, 0.2) is 35.3 Å². The first-order valence-electron chi connectivity index (χ1n) is 15.6. The van der Waals surface area contributed by atoms with Gasteiger partial charge in [-0.05, 0) is 24.3 Å². The number of fused-ring (bicyclic) bond motifs is 1. The SMILES string of the molecule is CNC(=O)C(F)(F)CNC(=O)[C@H](CC(=O)O)NC(=O)[C@H](CC(=O)O)NC(=O)C[C@H](NC(=O)c1ccc(NCc2cnc3nc(N)[nH]c(=O)c3n2)cc1)C(=O)O. The zero-order chi connectivity index (χ0) is 41.0. The lowest BCUT2D eigenvalue weighted by Gasteiger charge is -2.23. The van der Waals surface area contributed by atoms with Crippen molar-refractivity contribution in [2.24, 2.45) is 0 Å². The van der Waals surface area contributed by atoms with Crippen molar-refractivity contribution >= 4 is 70.2 Å². The molecule has 2 heterocycles. The largest absolute Gasteiger partial charge is 0.481 e. The van der Waals surface area contributed by atoms with Crippen molar-refractivity contribution in [1.29, 1.82) is 0 Å². The molecule has 55 heavy (non-hydrogen) atoms. The molecule has 2 aromatic heterocycles. The molecule has 0 saturated heterocycles. The maximum atomic E-state index is 13.8. The van der Waals surface area contributed by atoms with Gasteiger partial charge in [0.2, 0.25) is 23.7 Å². The molecule has 3 atom stereocenters. The number of amides is 5. The van der Waals surface area contributed by atoms with Crippen LogP contribution >= 0.6 is 0 Å². The fourth-order valence-electron chi connectivity index (χ4n) is 4.49. The number of rotatable bonds is 19. The van der Waals surface area contributed by atoms with E-state index in [-0.39, 0.29) is 29.2 Å². The fraction of sp³-hybridized carbons (Fsp3) is 0.333. The Balaban J connectivity index is 1.62. The number of carboxylic acids is 3. The number of halogens is 2. The molecule has 0 radical (unpaired) electrons. The predicted octanol–water partition coefficient (Wildman–Crippen LogP) is -3.10. The van der Waals surface area contributed by atoms with Crippen LogP contribution in [-0.2, 0) is 40.1 Å². The number of aliphatic carboxylic acids is 3. The highest BCUT2D eigenvalue weighted by Gasteiger charge is 2.39. The van der Waals surface area contributed by atoms with E-state index in [0.29, 0.717) is 11.4 Å². The zero-order valence-electron chi connectivity index (χ0n) is 28.3. The third kappa shape index (κ3) is 12.4. The molecular formula is C30H33F2N11O12. The smallest absolute Gasteiger partial charge is 0.341 e. The molecule has 1 aromatic carbocycles. The van der Waals surface area contributed by atoms with E-state index in [1.54, 1.807) is 10.6 Å². The summed E-state index contributed by atoms with van der Waals surface area (Å²) in [5, 5.41) is 40.2. The summed E-state index contributed by atoms with van der Waals surface area (Å²) in [5.41, 5.74) is 5.66. The van der Waals surface area contributed by atoms with Gasteiger partial charge in [0.15, 0.2) is 11.2 Å². The second kappa shape index (κ2) is 18.4. The molecule has 3 aromatic rings. The summed E-state index contributed by atoms with van der Waals surface area (Å²) < 4.78 is 27.7. The Labute approximate surface area is 305 Å². The summed E-state index contributed by atoms with van der Waals surface area (Å²) in [6.45, 7) is -1.52. The van der Waals surface area contributed by atoms with Gasteiger partial charge >= 0.3 is 23.8 Å².